The van der Waals surface area contributed by atoms with Crippen LogP contribution in [0, 0.1) is 14.9 Å². The minimum Gasteiger partial charge on any atom is -0.382 e. The Morgan fingerprint density at radius 3 is 2.37 bits per heavy atom. The van der Waals surface area contributed by atoms with E-state index in [1.807, 2.05) is 0 Å². The summed E-state index contributed by atoms with van der Waals surface area (Å²) in [5.41, 5.74) is 2.22. The molecule has 0 spiro atoms. The molecule has 0 bridgehead atoms. The maximum atomic E-state index is 5.32. The molecule has 0 aliphatic heterocycles. The molecule has 0 atom stereocenters. The number of unbranched alkanes of at least 4 members (excludes halogenated alkanes) is 2. The maximum Gasteiger partial charge on any atom is 0.0834 e. The molecule has 1 aromatic carbocycles. The lowest BCUT2D eigenvalue weighted by molar-refractivity contribution is 0.531. The van der Waals surface area contributed by atoms with Gasteiger partial charge >= 0.3 is 0 Å². The highest BCUT2D eigenvalue weighted by molar-refractivity contribution is 7.74. The predicted molar refractivity (Wildman–Crippen MR) is 91.2 cm³/mol. The summed E-state index contributed by atoms with van der Waals surface area (Å²) in [4.78, 5) is 2.17. The fourth-order valence-electron chi connectivity index (χ4n) is 2.13. The second kappa shape index (κ2) is 7.95. The third-order valence-corrected chi connectivity index (χ3v) is 4.44. The van der Waals surface area contributed by atoms with Crippen molar-refractivity contribution in [2.45, 2.75) is 46.5 Å². The van der Waals surface area contributed by atoms with Gasteiger partial charge in [0.2, 0.25) is 0 Å². The molecule has 108 valence electrons. The Balaban J connectivity index is 2.36. The van der Waals surface area contributed by atoms with E-state index in [1.165, 1.54) is 25.7 Å². The number of hydrogen-bond acceptors (Lipinski definition) is 4. The van der Waals surface area contributed by atoms with Crippen LogP contribution in [0.25, 0.3) is 0 Å². The van der Waals surface area contributed by atoms with Gasteiger partial charge in [-0.3, -0.25) is 0 Å². The van der Waals surface area contributed by atoms with Gasteiger partial charge in [0.25, 0.3) is 0 Å². The minimum absolute atomic E-state index is 0.817. The highest BCUT2D eigenvalue weighted by atomic mass is 32.1. The SMILES string of the molecule is CCN(C)c1c(NCCCCCC(C)C)c(=S)c1=S. The Morgan fingerprint density at radius 1 is 1.11 bits per heavy atom. The fourth-order valence-corrected chi connectivity index (χ4v) is 2.76. The van der Waals surface area contributed by atoms with Gasteiger partial charge in [-0.05, 0) is 19.3 Å². The van der Waals surface area contributed by atoms with Crippen molar-refractivity contribution in [3.05, 3.63) is 9.02 Å². The number of hydrogen-bond donors (Lipinski definition) is 1. The molecular formula is C15H26N2S2. The van der Waals surface area contributed by atoms with E-state index in [4.69, 9.17) is 24.4 Å². The van der Waals surface area contributed by atoms with Crippen molar-refractivity contribution in [2.75, 3.05) is 30.4 Å². The molecule has 0 fully saturated rings. The predicted octanol–water partition coefficient (Wildman–Crippen LogP) is 5.11. The number of nitrogens with zero attached hydrogens (tertiary/aromatic N) is 1. The first-order valence-corrected chi connectivity index (χ1v) is 8.09. The average molecular weight is 299 g/mol. The van der Waals surface area contributed by atoms with Crippen LogP contribution in [0.1, 0.15) is 46.5 Å². The van der Waals surface area contributed by atoms with Crippen molar-refractivity contribution < 1.29 is 0 Å². The Bertz CT molecular complexity index is 459. The van der Waals surface area contributed by atoms with Crippen LogP contribution >= 0.6 is 24.4 Å². The van der Waals surface area contributed by atoms with Crippen LogP contribution in [-0.2, 0) is 0 Å². The van der Waals surface area contributed by atoms with Crippen molar-refractivity contribution >= 4 is 35.8 Å². The van der Waals surface area contributed by atoms with E-state index >= 15 is 0 Å². The monoisotopic (exact) mass is 298 g/mol. The van der Waals surface area contributed by atoms with E-state index in [0.29, 0.717) is 0 Å². The molecule has 0 amide bonds. The van der Waals surface area contributed by atoms with Gasteiger partial charge in [-0.15, -0.1) is 0 Å². The van der Waals surface area contributed by atoms with Gasteiger partial charge in [-0.2, -0.15) is 0 Å². The summed E-state index contributed by atoms with van der Waals surface area (Å²) in [5, 5.41) is 3.46. The molecule has 0 aliphatic rings. The summed E-state index contributed by atoms with van der Waals surface area (Å²) in [6.45, 7) is 8.64. The lowest BCUT2D eigenvalue weighted by atomic mass is 10.1. The van der Waals surface area contributed by atoms with E-state index in [1.54, 1.807) is 0 Å². The van der Waals surface area contributed by atoms with Crippen LogP contribution in [-0.4, -0.2) is 20.1 Å². The van der Waals surface area contributed by atoms with Crippen molar-refractivity contribution in [3.8, 4) is 0 Å². The molecule has 0 radical (unpaired) electrons. The van der Waals surface area contributed by atoms with Crippen molar-refractivity contribution in [1.29, 1.82) is 0 Å². The second-order valence-electron chi connectivity index (χ2n) is 5.57. The molecule has 1 rings (SSSR count). The number of nitrogens with one attached hydrogen (secondary N) is 1. The summed E-state index contributed by atoms with van der Waals surface area (Å²) in [6, 6.07) is 0. The van der Waals surface area contributed by atoms with E-state index in [-0.39, 0.29) is 0 Å². The average Bonchev–Trinajstić information content (AvgIpc) is 2.39. The first-order chi connectivity index (χ1) is 8.99. The second-order valence-corrected chi connectivity index (χ2v) is 6.38. The molecule has 0 unspecified atom stereocenters. The molecule has 4 heteroatoms. The van der Waals surface area contributed by atoms with Crippen LogP contribution < -0.4 is 10.2 Å². The zero-order valence-corrected chi connectivity index (χ0v) is 14.2. The molecule has 0 aliphatic carbocycles. The van der Waals surface area contributed by atoms with Crippen LogP contribution in [0.15, 0.2) is 0 Å². The van der Waals surface area contributed by atoms with Crippen LogP contribution in [0.5, 0.6) is 0 Å². The molecule has 0 saturated heterocycles. The summed E-state index contributed by atoms with van der Waals surface area (Å²) < 4.78 is 1.69. The van der Waals surface area contributed by atoms with Gasteiger partial charge in [0.1, 0.15) is 0 Å². The molecule has 2 nitrogen and oxygen atoms in total. The molecule has 0 aromatic heterocycles. The smallest absolute Gasteiger partial charge is 0.0834 e. The minimum atomic E-state index is 0.817. The molecule has 0 heterocycles. The summed E-state index contributed by atoms with van der Waals surface area (Å²) in [6.07, 6.45) is 5.14. The first-order valence-electron chi connectivity index (χ1n) is 7.27. The standard InChI is InChI=1S/C15H26N2S2/c1-5-17(4)13-12(14(18)15(13)19)16-10-8-6-7-9-11(2)3/h11,16H,5-10H2,1-4H3. The van der Waals surface area contributed by atoms with Gasteiger partial charge in [0, 0.05) is 20.1 Å². The Kier molecular flexibility index (Phi) is 6.94. The van der Waals surface area contributed by atoms with E-state index < -0.39 is 0 Å². The van der Waals surface area contributed by atoms with Gasteiger partial charge in [0.05, 0.1) is 20.4 Å². The van der Waals surface area contributed by atoms with E-state index in [9.17, 15) is 0 Å². The van der Waals surface area contributed by atoms with Crippen LogP contribution in [0.3, 0.4) is 0 Å². The summed E-state index contributed by atoms with van der Waals surface area (Å²) >= 11 is 10.6. The Labute approximate surface area is 127 Å². The summed E-state index contributed by atoms with van der Waals surface area (Å²) in [7, 11) is 2.06. The third-order valence-electron chi connectivity index (χ3n) is 3.50. The van der Waals surface area contributed by atoms with Gasteiger partial charge < -0.3 is 10.2 Å². The largest absolute Gasteiger partial charge is 0.382 e. The van der Waals surface area contributed by atoms with Gasteiger partial charge in [-0.1, -0.05) is 57.5 Å². The van der Waals surface area contributed by atoms with E-state index in [0.717, 1.165) is 39.4 Å². The molecule has 1 aromatic rings. The quantitative estimate of drug-likeness (QED) is 0.503. The zero-order valence-electron chi connectivity index (χ0n) is 12.6. The van der Waals surface area contributed by atoms with E-state index in [2.05, 4.69) is 38.0 Å². The normalized spacial score (nSPS) is 11.2. The highest BCUT2D eigenvalue weighted by Gasteiger charge is 2.16. The first kappa shape index (κ1) is 16.6. The summed E-state index contributed by atoms with van der Waals surface area (Å²) in [5.74, 6) is 0.817. The Morgan fingerprint density at radius 2 is 1.79 bits per heavy atom. The number of rotatable bonds is 9. The highest BCUT2D eigenvalue weighted by Crippen LogP contribution is 2.34. The molecule has 1 N–H and O–H groups in total. The van der Waals surface area contributed by atoms with Crippen molar-refractivity contribution in [3.63, 3.8) is 0 Å². The van der Waals surface area contributed by atoms with Crippen molar-refractivity contribution in [1.82, 2.24) is 0 Å². The third kappa shape index (κ3) is 4.53. The van der Waals surface area contributed by atoms with Crippen LogP contribution in [0.2, 0.25) is 0 Å². The number of anilines is 2. The lowest BCUT2D eigenvalue weighted by Gasteiger charge is -2.24. The van der Waals surface area contributed by atoms with Gasteiger partial charge in [-0.25, -0.2) is 0 Å². The Hall–Kier alpha value is -0.480. The van der Waals surface area contributed by atoms with Gasteiger partial charge in [0.15, 0.2) is 0 Å². The zero-order chi connectivity index (χ0) is 14.4. The fraction of sp³-hybridized carbons (Fsp3) is 0.733. The topological polar surface area (TPSA) is 15.3 Å². The lowest BCUT2D eigenvalue weighted by Crippen LogP contribution is -2.21. The maximum absolute atomic E-state index is 5.32. The van der Waals surface area contributed by atoms with Crippen LogP contribution in [0.4, 0.5) is 11.4 Å². The van der Waals surface area contributed by atoms with Crippen molar-refractivity contribution in [2.24, 2.45) is 5.92 Å². The molecule has 0 saturated carbocycles. The molecular weight excluding hydrogens is 272 g/mol. The molecule has 19 heavy (non-hydrogen) atoms.